The molecule has 0 spiro atoms. The van der Waals surface area contributed by atoms with Crippen molar-refractivity contribution in [1.29, 1.82) is 0 Å². The van der Waals surface area contributed by atoms with Gasteiger partial charge in [0.05, 0.1) is 5.56 Å². The van der Waals surface area contributed by atoms with Crippen LogP contribution in [-0.4, -0.2) is 22.4 Å². The molecule has 1 amide bonds. The maximum Gasteiger partial charge on any atom is 0.322 e. The zero-order valence-electron chi connectivity index (χ0n) is 13.2. The smallest absolute Gasteiger partial charge is 0.322 e. The third kappa shape index (κ3) is 4.02. The third-order valence-corrected chi connectivity index (χ3v) is 4.29. The minimum atomic E-state index is -0.146. The highest BCUT2D eigenvalue weighted by Gasteiger charge is 2.13. The second kappa shape index (κ2) is 7.79. The predicted molar refractivity (Wildman–Crippen MR) is 94.9 cm³/mol. The van der Waals surface area contributed by atoms with Crippen molar-refractivity contribution in [3.8, 4) is 11.5 Å². The molecule has 6 heteroatoms. The van der Waals surface area contributed by atoms with Gasteiger partial charge in [0, 0.05) is 11.3 Å². The second-order valence-corrected chi connectivity index (χ2v) is 5.99. The van der Waals surface area contributed by atoms with Crippen LogP contribution in [0.25, 0.3) is 11.5 Å². The summed E-state index contributed by atoms with van der Waals surface area (Å²) in [6, 6.07) is 17.8. The van der Waals surface area contributed by atoms with Crippen molar-refractivity contribution < 1.29 is 9.21 Å². The first kappa shape index (κ1) is 16.3. The number of hydrogen-bond donors (Lipinski definition) is 1. The number of carbonyl (C=O) groups is 1. The Bertz CT molecular complexity index is 818. The molecule has 0 atom stereocenters. The van der Waals surface area contributed by atoms with Crippen LogP contribution in [0.15, 0.2) is 63.9 Å². The third-order valence-electron chi connectivity index (χ3n) is 3.49. The molecular weight excluding hydrogens is 322 g/mol. The van der Waals surface area contributed by atoms with Crippen molar-refractivity contribution in [3.05, 3.63) is 60.2 Å². The summed E-state index contributed by atoms with van der Waals surface area (Å²) in [6.07, 6.45) is 3.02. The first-order valence-corrected chi connectivity index (χ1v) is 8.79. The highest BCUT2D eigenvalue weighted by molar-refractivity contribution is 7.98. The lowest BCUT2D eigenvalue weighted by Crippen LogP contribution is -2.12. The number of anilines is 1. The quantitative estimate of drug-likeness (QED) is 0.687. The number of nitrogens with zero attached hydrogens (tertiary/aromatic N) is 2. The van der Waals surface area contributed by atoms with E-state index in [-0.39, 0.29) is 11.9 Å². The monoisotopic (exact) mass is 339 g/mol. The van der Waals surface area contributed by atoms with E-state index >= 15 is 0 Å². The van der Waals surface area contributed by atoms with Crippen LogP contribution in [0.1, 0.15) is 12.0 Å². The number of hydrogen-bond acceptors (Lipinski definition) is 5. The van der Waals surface area contributed by atoms with E-state index in [1.807, 2.05) is 60.9 Å². The summed E-state index contributed by atoms with van der Waals surface area (Å²) in [5.74, 6) is 0.255. The number of nitrogens with one attached hydrogen (secondary N) is 1. The average Bonchev–Trinajstić information content (AvgIpc) is 3.09. The Morgan fingerprint density at radius 1 is 1.08 bits per heavy atom. The van der Waals surface area contributed by atoms with Gasteiger partial charge in [0.2, 0.25) is 5.91 Å². The van der Waals surface area contributed by atoms with Crippen molar-refractivity contribution in [3.63, 3.8) is 0 Å². The summed E-state index contributed by atoms with van der Waals surface area (Å²) >= 11 is 1.60. The van der Waals surface area contributed by atoms with Gasteiger partial charge in [0.1, 0.15) is 0 Å². The average molecular weight is 339 g/mol. The second-order valence-electron chi connectivity index (χ2n) is 5.15. The lowest BCUT2D eigenvalue weighted by atomic mass is 10.1. The van der Waals surface area contributed by atoms with Crippen LogP contribution in [0.5, 0.6) is 0 Å². The van der Waals surface area contributed by atoms with Gasteiger partial charge in [-0.05, 0) is 30.4 Å². The molecule has 5 nitrogen and oxygen atoms in total. The molecule has 1 N–H and O–H groups in total. The predicted octanol–water partition coefficient (Wildman–Crippen LogP) is 4.03. The highest BCUT2D eigenvalue weighted by Crippen LogP contribution is 2.29. The van der Waals surface area contributed by atoms with E-state index in [0.717, 1.165) is 16.0 Å². The van der Waals surface area contributed by atoms with Crippen LogP contribution < -0.4 is 5.32 Å². The van der Waals surface area contributed by atoms with Gasteiger partial charge in [0.25, 0.3) is 5.89 Å². The number of benzene rings is 2. The SMILES string of the molecule is CSc1ccccc1-c1nnc(NC(=O)CCc2ccccc2)o1. The molecule has 2 aromatic carbocycles. The lowest BCUT2D eigenvalue weighted by molar-refractivity contribution is -0.116. The molecule has 0 fully saturated rings. The molecule has 0 unspecified atom stereocenters. The molecular formula is C18H17N3O2S. The summed E-state index contributed by atoms with van der Waals surface area (Å²) in [6.45, 7) is 0. The van der Waals surface area contributed by atoms with Gasteiger partial charge < -0.3 is 4.42 Å². The van der Waals surface area contributed by atoms with Crippen LogP contribution in [0.2, 0.25) is 0 Å². The maximum atomic E-state index is 12.0. The minimum absolute atomic E-state index is 0.124. The van der Waals surface area contributed by atoms with Gasteiger partial charge in [-0.2, -0.15) is 0 Å². The summed E-state index contributed by atoms with van der Waals surface area (Å²) in [5.41, 5.74) is 1.98. The summed E-state index contributed by atoms with van der Waals surface area (Å²) in [4.78, 5) is 13.1. The first-order chi connectivity index (χ1) is 11.8. The molecule has 0 aliphatic rings. The van der Waals surface area contributed by atoms with Crippen molar-refractivity contribution in [1.82, 2.24) is 10.2 Å². The fourth-order valence-corrected chi connectivity index (χ4v) is 2.88. The summed E-state index contributed by atoms with van der Waals surface area (Å²) in [7, 11) is 0. The number of aromatic nitrogens is 2. The molecule has 1 heterocycles. The fourth-order valence-electron chi connectivity index (χ4n) is 2.29. The number of thioether (sulfide) groups is 1. The zero-order valence-corrected chi connectivity index (χ0v) is 14.0. The number of carbonyl (C=O) groups excluding carboxylic acids is 1. The molecule has 0 saturated carbocycles. The van der Waals surface area contributed by atoms with E-state index in [9.17, 15) is 4.79 Å². The van der Waals surface area contributed by atoms with Crippen LogP contribution in [0.4, 0.5) is 6.01 Å². The molecule has 1 aromatic heterocycles. The Balaban J connectivity index is 1.62. The van der Waals surface area contributed by atoms with Crippen LogP contribution in [0.3, 0.4) is 0 Å². The number of amides is 1. The molecule has 0 radical (unpaired) electrons. The van der Waals surface area contributed by atoms with Gasteiger partial charge in [-0.3, -0.25) is 10.1 Å². The Morgan fingerprint density at radius 2 is 1.83 bits per heavy atom. The summed E-state index contributed by atoms with van der Waals surface area (Å²) in [5, 5.41) is 10.6. The standard InChI is InChI=1S/C18H17N3O2S/c1-24-15-10-6-5-9-14(15)17-20-21-18(23-17)19-16(22)12-11-13-7-3-2-4-8-13/h2-10H,11-12H2,1H3,(H,19,21,22). The Labute approximate surface area is 144 Å². The van der Waals surface area contributed by atoms with Gasteiger partial charge >= 0.3 is 6.01 Å². The van der Waals surface area contributed by atoms with E-state index in [2.05, 4.69) is 15.5 Å². The normalized spacial score (nSPS) is 10.5. The molecule has 0 aliphatic carbocycles. The zero-order chi connectivity index (χ0) is 16.8. The molecule has 122 valence electrons. The summed E-state index contributed by atoms with van der Waals surface area (Å²) < 4.78 is 5.57. The van der Waals surface area contributed by atoms with Crippen molar-refractivity contribution >= 4 is 23.7 Å². The maximum absolute atomic E-state index is 12.0. The van der Waals surface area contributed by atoms with E-state index in [0.29, 0.717) is 18.7 Å². The van der Waals surface area contributed by atoms with E-state index < -0.39 is 0 Å². The Hall–Kier alpha value is -2.60. The van der Waals surface area contributed by atoms with Crippen LogP contribution in [-0.2, 0) is 11.2 Å². The van der Waals surface area contributed by atoms with Gasteiger partial charge in [0.15, 0.2) is 0 Å². The van der Waals surface area contributed by atoms with Crippen molar-refractivity contribution in [2.45, 2.75) is 17.7 Å². The van der Waals surface area contributed by atoms with E-state index in [1.54, 1.807) is 11.8 Å². The first-order valence-electron chi connectivity index (χ1n) is 7.57. The molecule has 0 bridgehead atoms. The van der Waals surface area contributed by atoms with Crippen molar-refractivity contribution in [2.75, 3.05) is 11.6 Å². The fraction of sp³-hybridized carbons (Fsp3) is 0.167. The topological polar surface area (TPSA) is 68.0 Å². The molecule has 3 rings (SSSR count). The highest BCUT2D eigenvalue weighted by atomic mass is 32.2. The van der Waals surface area contributed by atoms with Gasteiger partial charge in [-0.1, -0.05) is 47.6 Å². The lowest BCUT2D eigenvalue weighted by Gasteiger charge is -2.02. The number of rotatable bonds is 6. The Morgan fingerprint density at radius 3 is 2.62 bits per heavy atom. The molecule has 24 heavy (non-hydrogen) atoms. The van der Waals surface area contributed by atoms with Crippen LogP contribution in [0, 0.1) is 0 Å². The van der Waals surface area contributed by atoms with E-state index in [1.165, 1.54) is 0 Å². The van der Waals surface area contributed by atoms with E-state index in [4.69, 9.17) is 4.42 Å². The minimum Gasteiger partial charge on any atom is -0.403 e. The van der Waals surface area contributed by atoms with Crippen molar-refractivity contribution in [2.24, 2.45) is 0 Å². The van der Waals surface area contributed by atoms with Gasteiger partial charge in [-0.25, -0.2) is 0 Å². The Kier molecular flexibility index (Phi) is 5.28. The molecule has 0 saturated heterocycles. The largest absolute Gasteiger partial charge is 0.403 e. The van der Waals surface area contributed by atoms with Crippen LogP contribution >= 0.6 is 11.8 Å². The molecule has 3 aromatic rings. The van der Waals surface area contributed by atoms with Gasteiger partial charge in [-0.15, -0.1) is 16.9 Å². The number of aryl methyl sites for hydroxylation is 1. The molecule has 0 aliphatic heterocycles.